The van der Waals surface area contributed by atoms with Gasteiger partial charge in [-0.05, 0) is 58.4 Å². The second-order valence-corrected chi connectivity index (χ2v) is 5.27. The van der Waals surface area contributed by atoms with Crippen LogP contribution < -0.4 is 0 Å². The number of ketones is 1. The lowest BCUT2D eigenvalue weighted by Gasteiger charge is -1.95. The van der Waals surface area contributed by atoms with Gasteiger partial charge in [-0.25, -0.2) is 0 Å². The maximum Gasteiger partial charge on any atom is 0.185 e. The molecule has 2 rings (SSSR count). The predicted octanol–water partition coefficient (Wildman–Crippen LogP) is 4.11. The fourth-order valence-corrected chi connectivity index (χ4v) is 2.63. The number of thiophene rings is 1. The van der Waals surface area contributed by atoms with Gasteiger partial charge in [0.15, 0.2) is 5.78 Å². The third kappa shape index (κ3) is 3.28. The van der Waals surface area contributed by atoms with Crippen molar-refractivity contribution < 1.29 is 9.90 Å². The summed E-state index contributed by atoms with van der Waals surface area (Å²) in [5.41, 5.74) is 0.565. The highest BCUT2D eigenvalue weighted by molar-refractivity contribution is 9.10. The molecule has 1 aromatic heterocycles. The zero-order valence-corrected chi connectivity index (χ0v) is 11.2. The third-order valence-corrected chi connectivity index (χ3v) is 3.80. The number of phenolic OH excluding ortho intramolecular Hbond substituents is 1. The van der Waals surface area contributed by atoms with Crippen molar-refractivity contribution in [2.24, 2.45) is 0 Å². The van der Waals surface area contributed by atoms with Gasteiger partial charge in [-0.1, -0.05) is 0 Å². The van der Waals surface area contributed by atoms with E-state index in [4.69, 9.17) is 5.11 Å². The van der Waals surface area contributed by atoms with E-state index in [2.05, 4.69) is 15.9 Å². The minimum Gasteiger partial charge on any atom is -0.508 e. The van der Waals surface area contributed by atoms with Gasteiger partial charge in [0.2, 0.25) is 0 Å². The highest BCUT2D eigenvalue weighted by Gasteiger charge is 2.01. The molecule has 0 atom stereocenters. The van der Waals surface area contributed by atoms with Crippen molar-refractivity contribution in [2.45, 2.75) is 0 Å². The van der Waals surface area contributed by atoms with Crippen molar-refractivity contribution >= 4 is 39.1 Å². The molecule has 0 spiro atoms. The quantitative estimate of drug-likeness (QED) is 0.684. The van der Waals surface area contributed by atoms with E-state index in [0.29, 0.717) is 5.56 Å². The fraction of sp³-hybridized carbons (Fsp3) is 0. The van der Waals surface area contributed by atoms with E-state index in [1.54, 1.807) is 29.5 Å². The minimum absolute atomic E-state index is 0.0745. The van der Waals surface area contributed by atoms with Crippen molar-refractivity contribution in [2.75, 3.05) is 0 Å². The summed E-state index contributed by atoms with van der Waals surface area (Å²) in [6.07, 6.45) is 3.31. The molecule has 1 aromatic carbocycles. The van der Waals surface area contributed by atoms with E-state index in [9.17, 15) is 4.79 Å². The number of halogens is 1. The molecular weight excluding hydrogens is 300 g/mol. The summed E-state index contributed by atoms with van der Waals surface area (Å²) in [5.74, 6) is 0.0854. The molecule has 0 radical (unpaired) electrons. The largest absolute Gasteiger partial charge is 0.508 e. The van der Waals surface area contributed by atoms with E-state index in [1.165, 1.54) is 18.2 Å². The molecule has 4 heteroatoms. The van der Waals surface area contributed by atoms with Gasteiger partial charge in [-0.2, -0.15) is 0 Å². The molecular formula is C13H9BrO2S. The molecule has 0 aliphatic carbocycles. The van der Waals surface area contributed by atoms with E-state index >= 15 is 0 Å². The fourth-order valence-electron chi connectivity index (χ4n) is 1.30. The van der Waals surface area contributed by atoms with Crippen LogP contribution in [0.15, 0.2) is 46.3 Å². The van der Waals surface area contributed by atoms with Crippen LogP contribution in [0.3, 0.4) is 0 Å². The van der Waals surface area contributed by atoms with Crippen LogP contribution in [-0.4, -0.2) is 10.9 Å². The van der Waals surface area contributed by atoms with Gasteiger partial charge in [0.1, 0.15) is 5.75 Å². The standard InChI is InChI=1S/C13H9BrO2S/c14-10-7-12(17-8-10)5-6-13(16)9-1-3-11(15)4-2-9/h1-8,15H/b6-5+. The van der Waals surface area contributed by atoms with Gasteiger partial charge in [0.25, 0.3) is 0 Å². The Morgan fingerprint density at radius 3 is 2.59 bits per heavy atom. The van der Waals surface area contributed by atoms with Crippen LogP contribution >= 0.6 is 27.3 Å². The monoisotopic (exact) mass is 308 g/mol. The average molecular weight is 309 g/mol. The van der Waals surface area contributed by atoms with Crippen molar-refractivity contribution in [1.29, 1.82) is 0 Å². The summed E-state index contributed by atoms with van der Waals surface area (Å²) in [4.78, 5) is 12.8. The first-order valence-corrected chi connectivity index (χ1v) is 6.58. The molecule has 86 valence electrons. The molecule has 0 bridgehead atoms. The highest BCUT2D eigenvalue weighted by atomic mass is 79.9. The first-order valence-electron chi connectivity index (χ1n) is 4.90. The van der Waals surface area contributed by atoms with Crippen LogP contribution in [0.2, 0.25) is 0 Å². The predicted molar refractivity (Wildman–Crippen MR) is 73.5 cm³/mol. The molecule has 0 aliphatic rings. The maximum absolute atomic E-state index is 11.8. The van der Waals surface area contributed by atoms with Crippen molar-refractivity contribution in [3.63, 3.8) is 0 Å². The molecule has 1 N–H and O–H groups in total. The molecule has 0 fully saturated rings. The molecule has 0 unspecified atom stereocenters. The van der Waals surface area contributed by atoms with Crippen molar-refractivity contribution in [1.82, 2.24) is 0 Å². The Morgan fingerprint density at radius 1 is 1.29 bits per heavy atom. The Balaban J connectivity index is 2.11. The average Bonchev–Trinajstić information content (AvgIpc) is 2.73. The molecule has 1 heterocycles. The van der Waals surface area contributed by atoms with Gasteiger partial charge in [0.05, 0.1) is 0 Å². The number of allylic oxidation sites excluding steroid dienone is 1. The first kappa shape index (κ1) is 12.1. The molecule has 0 saturated carbocycles. The summed E-state index contributed by atoms with van der Waals surface area (Å²) < 4.78 is 1.01. The molecule has 17 heavy (non-hydrogen) atoms. The summed E-state index contributed by atoms with van der Waals surface area (Å²) in [7, 11) is 0. The molecule has 0 saturated heterocycles. The lowest BCUT2D eigenvalue weighted by Crippen LogP contribution is -1.92. The normalized spacial score (nSPS) is 10.9. The Bertz CT molecular complexity index is 555. The number of aromatic hydroxyl groups is 1. The Hall–Kier alpha value is -1.39. The number of hydrogen-bond donors (Lipinski definition) is 1. The molecule has 2 nitrogen and oxygen atoms in total. The SMILES string of the molecule is O=C(/C=C/c1cc(Br)cs1)c1ccc(O)cc1. The van der Waals surface area contributed by atoms with E-state index in [1.807, 2.05) is 11.4 Å². The van der Waals surface area contributed by atoms with Crippen LogP contribution in [0, 0.1) is 0 Å². The Labute approximate surface area is 111 Å². The van der Waals surface area contributed by atoms with Gasteiger partial charge in [-0.3, -0.25) is 4.79 Å². The van der Waals surface area contributed by atoms with E-state index < -0.39 is 0 Å². The van der Waals surface area contributed by atoms with E-state index in [0.717, 1.165) is 9.35 Å². The number of carbonyl (C=O) groups is 1. The lowest BCUT2D eigenvalue weighted by molar-refractivity contribution is 0.104. The summed E-state index contributed by atoms with van der Waals surface area (Å²) >= 11 is 4.92. The highest BCUT2D eigenvalue weighted by Crippen LogP contribution is 2.21. The molecule has 0 amide bonds. The smallest absolute Gasteiger partial charge is 0.185 e. The van der Waals surface area contributed by atoms with Gasteiger partial charge in [0, 0.05) is 20.3 Å². The Kier molecular flexibility index (Phi) is 3.76. The first-order chi connectivity index (χ1) is 8.15. The molecule has 2 aromatic rings. The number of carbonyl (C=O) groups excluding carboxylic acids is 1. The lowest BCUT2D eigenvalue weighted by atomic mass is 10.1. The van der Waals surface area contributed by atoms with Crippen LogP contribution in [0.5, 0.6) is 5.75 Å². The van der Waals surface area contributed by atoms with E-state index in [-0.39, 0.29) is 11.5 Å². The van der Waals surface area contributed by atoms with Gasteiger partial charge < -0.3 is 5.11 Å². The molecule has 0 aliphatic heterocycles. The summed E-state index contributed by atoms with van der Waals surface area (Å²) in [5, 5.41) is 11.1. The second-order valence-electron chi connectivity index (χ2n) is 3.41. The van der Waals surface area contributed by atoms with Crippen LogP contribution in [0.4, 0.5) is 0 Å². The number of hydrogen-bond acceptors (Lipinski definition) is 3. The van der Waals surface area contributed by atoms with Gasteiger partial charge in [-0.15, -0.1) is 11.3 Å². The van der Waals surface area contributed by atoms with Crippen LogP contribution in [0.1, 0.15) is 15.2 Å². The number of phenols is 1. The number of benzene rings is 1. The van der Waals surface area contributed by atoms with Gasteiger partial charge >= 0.3 is 0 Å². The van der Waals surface area contributed by atoms with Crippen LogP contribution in [0.25, 0.3) is 6.08 Å². The van der Waals surface area contributed by atoms with Crippen molar-refractivity contribution in [3.8, 4) is 5.75 Å². The zero-order chi connectivity index (χ0) is 12.3. The topological polar surface area (TPSA) is 37.3 Å². The third-order valence-electron chi connectivity index (χ3n) is 2.14. The minimum atomic E-state index is -0.0745. The Morgan fingerprint density at radius 2 is 2.00 bits per heavy atom. The summed E-state index contributed by atoms with van der Waals surface area (Å²) in [6.45, 7) is 0. The maximum atomic E-state index is 11.8. The zero-order valence-electron chi connectivity index (χ0n) is 8.76. The number of rotatable bonds is 3. The summed E-state index contributed by atoms with van der Waals surface area (Å²) in [6, 6.07) is 8.16. The van der Waals surface area contributed by atoms with Crippen LogP contribution in [-0.2, 0) is 0 Å². The van der Waals surface area contributed by atoms with Crippen molar-refractivity contribution in [3.05, 3.63) is 56.7 Å². The second kappa shape index (κ2) is 5.29.